The van der Waals surface area contributed by atoms with E-state index >= 15 is 0 Å². The van der Waals surface area contributed by atoms with Crippen LogP contribution < -0.4 is 0 Å². The van der Waals surface area contributed by atoms with Gasteiger partial charge in [-0.25, -0.2) is 0 Å². The molecule has 1 saturated carbocycles. The molecule has 3 rings (SSSR count). The van der Waals surface area contributed by atoms with E-state index in [-0.39, 0.29) is 6.10 Å². The number of fused-ring (bicyclic) bond motifs is 1. The van der Waals surface area contributed by atoms with Crippen molar-refractivity contribution >= 4 is 0 Å². The Hall–Kier alpha value is -1.06. The number of benzene rings is 1. The molecule has 1 aromatic carbocycles. The fourth-order valence-electron chi connectivity index (χ4n) is 3.86. The number of nitrogens with zero attached hydrogens (tertiary/aromatic N) is 1. The predicted molar refractivity (Wildman–Crippen MR) is 74.9 cm³/mol. The van der Waals surface area contributed by atoms with Crippen molar-refractivity contribution < 1.29 is 9.94 Å². The summed E-state index contributed by atoms with van der Waals surface area (Å²) >= 11 is 0. The van der Waals surface area contributed by atoms with Gasteiger partial charge in [-0.05, 0) is 42.4 Å². The number of aromatic hydroxyl groups is 1. The van der Waals surface area contributed by atoms with Gasteiger partial charge in [0.15, 0.2) is 0 Å². The zero-order valence-electron chi connectivity index (χ0n) is 11.7. The van der Waals surface area contributed by atoms with Crippen LogP contribution in [0.1, 0.15) is 37.7 Å². The van der Waals surface area contributed by atoms with E-state index in [9.17, 15) is 5.11 Å². The van der Waals surface area contributed by atoms with Crippen molar-refractivity contribution in [1.29, 1.82) is 0 Å². The van der Waals surface area contributed by atoms with Crippen LogP contribution in [-0.4, -0.2) is 29.9 Å². The average Bonchev–Trinajstić information content (AvgIpc) is 2.38. The van der Waals surface area contributed by atoms with Crippen LogP contribution in [-0.2, 0) is 4.84 Å². The maximum Gasteiger partial charge on any atom is 0.115 e. The van der Waals surface area contributed by atoms with Crippen LogP contribution in [0.25, 0.3) is 0 Å². The van der Waals surface area contributed by atoms with Gasteiger partial charge in [-0.1, -0.05) is 25.5 Å². The molecule has 1 N–H and O–H groups in total. The maximum absolute atomic E-state index is 9.69. The summed E-state index contributed by atoms with van der Waals surface area (Å²) < 4.78 is 0. The molecule has 0 aromatic heterocycles. The molecular formula is C16H23NO2. The van der Waals surface area contributed by atoms with Gasteiger partial charge in [0, 0.05) is 19.5 Å². The lowest BCUT2D eigenvalue weighted by Gasteiger charge is -2.47. The Morgan fingerprint density at radius 2 is 2.16 bits per heavy atom. The minimum absolute atomic E-state index is 0.268. The van der Waals surface area contributed by atoms with Crippen molar-refractivity contribution in [2.75, 3.05) is 13.6 Å². The monoisotopic (exact) mass is 261 g/mol. The normalized spacial score (nSPS) is 35.9. The van der Waals surface area contributed by atoms with Crippen molar-refractivity contribution in [2.24, 2.45) is 11.8 Å². The first-order valence-electron chi connectivity index (χ1n) is 7.32. The summed E-state index contributed by atoms with van der Waals surface area (Å²) in [6.45, 7) is 3.36. The predicted octanol–water partition coefficient (Wildman–Crippen LogP) is 3.16. The van der Waals surface area contributed by atoms with E-state index in [1.807, 2.05) is 24.2 Å². The van der Waals surface area contributed by atoms with E-state index in [2.05, 4.69) is 13.0 Å². The summed E-state index contributed by atoms with van der Waals surface area (Å²) in [7, 11) is 2.03. The van der Waals surface area contributed by atoms with Gasteiger partial charge >= 0.3 is 0 Å². The van der Waals surface area contributed by atoms with E-state index in [0.29, 0.717) is 23.5 Å². The summed E-state index contributed by atoms with van der Waals surface area (Å²) in [6.07, 6.45) is 3.96. The standard InChI is InChI=1S/C16H23NO2/c1-11-10-17(2)19-16-14(11)7-4-8-15(16)12-5-3-6-13(18)9-12/h3,5-6,9,11,14-16,18H,4,7-8,10H2,1-2H3/t11?,14?,15-,16?/m1/s1. The SMILES string of the molecule is CC1CN(C)OC2C1CCC[C@@H]2c1cccc(O)c1. The second kappa shape index (κ2) is 5.14. The van der Waals surface area contributed by atoms with E-state index in [0.717, 1.165) is 13.0 Å². The Bertz CT molecular complexity index is 448. The van der Waals surface area contributed by atoms with E-state index in [4.69, 9.17) is 4.84 Å². The second-order valence-corrected chi connectivity index (χ2v) is 6.15. The molecule has 0 bridgehead atoms. The van der Waals surface area contributed by atoms with Crippen molar-refractivity contribution in [2.45, 2.75) is 38.2 Å². The number of hydrogen-bond acceptors (Lipinski definition) is 3. The third-order valence-electron chi connectivity index (χ3n) is 4.75. The third kappa shape index (κ3) is 2.49. The van der Waals surface area contributed by atoms with Gasteiger partial charge in [-0.2, -0.15) is 5.06 Å². The average molecular weight is 261 g/mol. The minimum atomic E-state index is 0.268. The van der Waals surface area contributed by atoms with Gasteiger partial charge in [0.1, 0.15) is 5.75 Å². The Kier molecular flexibility index (Phi) is 3.50. The molecule has 3 heteroatoms. The summed E-state index contributed by atoms with van der Waals surface area (Å²) in [6, 6.07) is 7.69. The molecule has 104 valence electrons. The number of rotatable bonds is 1. The van der Waals surface area contributed by atoms with E-state index in [1.54, 1.807) is 6.07 Å². The highest BCUT2D eigenvalue weighted by Crippen LogP contribution is 2.44. The van der Waals surface area contributed by atoms with Crippen LogP contribution in [0.4, 0.5) is 0 Å². The Morgan fingerprint density at radius 3 is 2.95 bits per heavy atom. The van der Waals surface area contributed by atoms with Crippen molar-refractivity contribution in [1.82, 2.24) is 5.06 Å². The first kappa shape index (κ1) is 12.9. The van der Waals surface area contributed by atoms with Crippen LogP contribution >= 0.6 is 0 Å². The molecule has 0 radical (unpaired) electrons. The van der Waals surface area contributed by atoms with E-state index in [1.165, 1.54) is 18.4 Å². The molecule has 19 heavy (non-hydrogen) atoms. The van der Waals surface area contributed by atoms with Crippen LogP contribution in [0.5, 0.6) is 5.75 Å². The van der Waals surface area contributed by atoms with E-state index < -0.39 is 0 Å². The highest BCUT2D eigenvalue weighted by molar-refractivity contribution is 5.31. The second-order valence-electron chi connectivity index (χ2n) is 6.15. The molecule has 1 aromatic rings. The molecule has 3 nitrogen and oxygen atoms in total. The summed E-state index contributed by atoms with van der Waals surface area (Å²) in [5.74, 6) is 2.11. The number of phenols is 1. The van der Waals surface area contributed by atoms with Gasteiger partial charge in [-0.3, -0.25) is 4.84 Å². The summed E-state index contributed by atoms with van der Waals surface area (Å²) in [5, 5.41) is 11.7. The quantitative estimate of drug-likeness (QED) is 0.843. The molecule has 0 amide bonds. The number of phenolic OH excluding ortho intramolecular Hbond substituents is 1. The van der Waals surface area contributed by atoms with Crippen molar-refractivity contribution in [3.63, 3.8) is 0 Å². The first-order valence-corrected chi connectivity index (χ1v) is 7.32. The largest absolute Gasteiger partial charge is 0.508 e. The molecule has 2 fully saturated rings. The molecule has 2 aliphatic rings. The Labute approximate surface area is 115 Å². The highest BCUT2D eigenvalue weighted by Gasteiger charge is 2.42. The molecule has 3 unspecified atom stereocenters. The van der Waals surface area contributed by atoms with Gasteiger partial charge in [-0.15, -0.1) is 0 Å². The molecule has 1 aliphatic carbocycles. The van der Waals surface area contributed by atoms with Gasteiger partial charge < -0.3 is 5.11 Å². The summed E-state index contributed by atoms with van der Waals surface area (Å²) in [5.41, 5.74) is 1.22. The number of hydroxylamine groups is 2. The molecule has 1 heterocycles. The first-order chi connectivity index (χ1) is 9.15. The third-order valence-corrected chi connectivity index (χ3v) is 4.75. The highest BCUT2D eigenvalue weighted by atomic mass is 16.7. The zero-order valence-corrected chi connectivity index (χ0v) is 11.7. The van der Waals surface area contributed by atoms with Gasteiger partial charge in [0.25, 0.3) is 0 Å². The summed E-state index contributed by atoms with van der Waals surface area (Å²) in [4.78, 5) is 6.12. The fraction of sp³-hybridized carbons (Fsp3) is 0.625. The zero-order chi connectivity index (χ0) is 13.4. The lowest BCUT2D eigenvalue weighted by atomic mass is 9.70. The smallest absolute Gasteiger partial charge is 0.115 e. The molecule has 1 aliphatic heterocycles. The van der Waals surface area contributed by atoms with Crippen molar-refractivity contribution in [3.05, 3.63) is 29.8 Å². The van der Waals surface area contributed by atoms with Crippen LogP contribution in [0, 0.1) is 11.8 Å². The topological polar surface area (TPSA) is 32.7 Å². The fourth-order valence-corrected chi connectivity index (χ4v) is 3.86. The molecule has 1 saturated heterocycles. The van der Waals surface area contributed by atoms with Gasteiger partial charge in [0.2, 0.25) is 0 Å². The van der Waals surface area contributed by atoms with Crippen LogP contribution in [0.2, 0.25) is 0 Å². The molecule has 0 spiro atoms. The van der Waals surface area contributed by atoms with Crippen molar-refractivity contribution in [3.8, 4) is 5.75 Å². The number of hydrogen-bond donors (Lipinski definition) is 1. The molecule has 4 atom stereocenters. The minimum Gasteiger partial charge on any atom is -0.508 e. The Balaban J connectivity index is 1.88. The Morgan fingerprint density at radius 1 is 1.32 bits per heavy atom. The van der Waals surface area contributed by atoms with Crippen LogP contribution in [0.3, 0.4) is 0 Å². The van der Waals surface area contributed by atoms with Crippen LogP contribution in [0.15, 0.2) is 24.3 Å². The lowest BCUT2D eigenvalue weighted by Crippen LogP contribution is -2.49. The molecular weight excluding hydrogens is 238 g/mol. The lowest BCUT2D eigenvalue weighted by molar-refractivity contribution is -0.254. The van der Waals surface area contributed by atoms with Gasteiger partial charge in [0.05, 0.1) is 6.10 Å². The maximum atomic E-state index is 9.69.